The van der Waals surface area contributed by atoms with E-state index in [2.05, 4.69) is 26.7 Å². The predicted octanol–water partition coefficient (Wildman–Crippen LogP) is 4.63. The number of hydrogen-bond acceptors (Lipinski definition) is 5. The summed E-state index contributed by atoms with van der Waals surface area (Å²) in [5.41, 5.74) is 9.27. The molecule has 0 saturated heterocycles. The van der Waals surface area contributed by atoms with E-state index in [1.807, 2.05) is 24.3 Å². The first-order chi connectivity index (χ1) is 12.2. The summed E-state index contributed by atoms with van der Waals surface area (Å²) >= 11 is 6.18. The average Bonchev–Trinajstić information content (AvgIpc) is 2.64. The quantitative estimate of drug-likeness (QED) is 0.630. The highest BCUT2D eigenvalue weighted by Crippen LogP contribution is 2.25. The van der Waals surface area contributed by atoms with Crippen LogP contribution in [0, 0.1) is 0 Å². The van der Waals surface area contributed by atoms with Gasteiger partial charge in [-0.15, -0.1) is 0 Å². The molecule has 0 amide bonds. The largest absolute Gasteiger partial charge is 0.393 e. The molecule has 25 heavy (non-hydrogen) atoms. The molecule has 0 fully saturated rings. The SMILES string of the molecule is Nc1c(NCCC2=CCCCC2)ncnc1NCc1ccccc1Cl. The number of hydrogen-bond donors (Lipinski definition) is 3. The number of benzene rings is 1. The van der Waals surface area contributed by atoms with Gasteiger partial charge >= 0.3 is 0 Å². The molecule has 0 unspecified atom stereocenters. The summed E-state index contributed by atoms with van der Waals surface area (Å²) in [6, 6.07) is 7.71. The molecule has 3 rings (SSSR count). The second kappa shape index (κ2) is 8.72. The highest BCUT2D eigenvalue weighted by atomic mass is 35.5. The van der Waals surface area contributed by atoms with Crippen LogP contribution >= 0.6 is 11.6 Å². The molecule has 4 N–H and O–H groups in total. The van der Waals surface area contributed by atoms with Crippen molar-refractivity contribution in [3.63, 3.8) is 0 Å². The predicted molar refractivity (Wildman–Crippen MR) is 105 cm³/mol. The fraction of sp³-hybridized carbons (Fsp3) is 0.368. The van der Waals surface area contributed by atoms with Gasteiger partial charge < -0.3 is 16.4 Å². The van der Waals surface area contributed by atoms with Gasteiger partial charge in [-0.05, 0) is 43.7 Å². The van der Waals surface area contributed by atoms with Gasteiger partial charge in [0, 0.05) is 18.1 Å². The van der Waals surface area contributed by atoms with Crippen molar-refractivity contribution in [2.45, 2.75) is 38.6 Å². The van der Waals surface area contributed by atoms with Crippen LogP contribution in [0.2, 0.25) is 5.02 Å². The summed E-state index contributed by atoms with van der Waals surface area (Å²) in [5.74, 6) is 1.29. The Labute approximate surface area is 153 Å². The van der Waals surface area contributed by atoms with Crippen molar-refractivity contribution in [2.75, 3.05) is 22.9 Å². The molecule has 1 aliphatic carbocycles. The van der Waals surface area contributed by atoms with Crippen LogP contribution in [0.25, 0.3) is 0 Å². The number of rotatable bonds is 7. The molecule has 1 aliphatic rings. The van der Waals surface area contributed by atoms with Crippen molar-refractivity contribution >= 4 is 28.9 Å². The molecular weight excluding hydrogens is 334 g/mol. The zero-order chi connectivity index (χ0) is 17.5. The lowest BCUT2D eigenvalue weighted by Gasteiger charge is -2.15. The summed E-state index contributed by atoms with van der Waals surface area (Å²) in [6.45, 7) is 1.39. The molecule has 2 aromatic rings. The van der Waals surface area contributed by atoms with E-state index in [1.165, 1.54) is 37.6 Å². The molecule has 0 aliphatic heterocycles. The van der Waals surface area contributed by atoms with E-state index in [1.54, 1.807) is 0 Å². The third-order valence-electron chi connectivity index (χ3n) is 4.41. The van der Waals surface area contributed by atoms with Crippen LogP contribution in [0.4, 0.5) is 17.3 Å². The van der Waals surface area contributed by atoms with E-state index in [0.29, 0.717) is 23.9 Å². The molecule has 0 saturated carbocycles. The minimum absolute atomic E-state index is 0.534. The summed E-state index contributed by atoms with van der Waals surface area (Å²) < 4.78 is 0. The Morgan fingerprint density at radius 3 is 2.64 bits per heavy atom. The summed E-state index contributed by atoms with van der Waals surface area (Å²) in [4.78, 5) is 8.50. The first-order valence-electron chi connectivity index (χ1n) is 8.73. The normalized spacial score (nSPS) is 14.0. The van der Waals surface area contributed by atoms with Gasteiger partial charge in [-0.2, -0.15) is 0 Å². The lowest BCUT2D eigenvalue weighted by molar-refractivity contribution is 0.679. The number of nitrogens with two attached hydrogens (primary N) is 1. The standard InChI is InChI=1S/C19H24ClN5/c20-16-9-5-4-8-15(16)12-23-19-17(21)18(24-13-25-19)22-11-10-14-6-2-1-3-7-14/h4-6,8-9,13H,1-3,7,10-12,21H2,(H2,22,23,24,25). The van der Waals surface area contributed by atoms with Gasteiger partial charge in [-0.25, -0.2) is 9.97 Å². The Balaban J connectivity index is 1.57. The first kappa shape index (κ1) is 17.5. The molecule has 0 atom stereocenters. The van der Waals surface area contributed by atoms with Gasteiger partial charge in [0.05, 0.1) is 0 Å². The number of halogens is 1. The monoisotopic (exact) mass is 357 g/mol. The van der Waals surface area contributed by atoms with Crippen molar-refractivity contribution in [1.82, 2.24) is 9.97 Å². The zero-order valence-electron chi connectivity index (χ0n) is 14.3. The Bertz CT molecular complexity index is 744. The Kier molecular flexibility index (Phi) is 6.12. The Morgan fingerprint density at radius 2 is 1.88 bits per heavy atom. The number of allylic oxidation sites excluding steroid dienone is 1. The van der Waals surface area contributed by atoms with Crippen LogP contribution in [0.3, 0.4) is 0 Å². The lowest BCUT2D eigenvalue weighted by Crippen LogP contribution is -2.11. The average molecular weight is 358 g/mol. The van der Waals surface area contributed by atoms with E-state index in [4.69, 9.17) is 17.3 Å². The fourth-order valence-corrected chi connectivity index (χ4v) is 3.17. The number of aromatic nitrogens is 2. The van der Waals surface area contributed by atoms with Crippen LogP contribution in [0.15, 0.2) is 42.2 Å². The van der Waals surface area contributed by atoms with E-state index in [9.17, 15) is 0 Å². The minimum Gasteiger partial charge on any atom is -0.393 e. The van der Waals surface area contributed by atoms with Crippen molar-refractivity contribution < 1.29 is 0 Å². The number of nitrogen functional groups attached to an aromatic ring is 1. The van der Waals surface area contributed by atoms with Gasteiger partial charge in [0.25, 0.3) is 0 Å². The molecule has 0 spiro atoms. The highest BCUT2D eigenvalue weighted by molar-refractivity contribution is 6.31. The van der Waals surface area contributed by atoms with E-state index >= 15 is 0 Å². The number of anilines is 3. The molecule has 5 nitrogen and oxygen atoms in total. The smallest absolute Gasteiger partial charge is 0.155 e. The first-order valence-corrected chi connectivity index (χ1v) is 9.11. The van der Waals surface area contributed by atoms with Gasteiger partial charge in [-0.3, -0.25) is 0 Å². The summed E-state index contributed by atoms with van der Waals surface area (Å²) in [7, 11) is 0. The maximum Gasteiger partial charge on any atom is 0.155 e. The number of nitrogens with zero attached hydrogens (tertiary/aromatic N) is 2. The van der Waals surface area contributed by atoms with E-state index in [-0.39, 0.29) is 0 Å². The van der Waals surface area contributed by atoms with Crippen molar-refractivity contribution in [3.8, 4) is 0 Å². The molecule has 1 aromatic heterocycles. The van der Waals surface area contributed by atoms with Crippen LogP contribution in [-0.4, -0.2) is 16.5 Å². The van der Waals surface area contributed by atoms with Crippen LogP contribution in [0.5, 0.6) is 0 Å². The van der Waals surface area contributed by atoms with Crippen molar-refractivity contribution in [3.05, 3.63) is 52.8 Å². The maximum atomic E-state index is 6.21. The molecular formula is C19H24ClN5. The molecule has 1 aromatic carbocycles. The van der Waals surface area contributed by atoms with Crippen LogP contribution < -0.4 is 16.4 Å². The summed E-state index contributed by atoms with van der Waals surface area (Å²) in [6.07, 6.45) is 9.96. The van der Waals surface area contributed by atoms with Gasteiger partial charge in [0.1, 0.15) is 12.0 Å². The molecule has 0 radical (unpaired) electrons. The zero-order valence-corrected chi connectivity index (χ0v) is 15.0. The molecule has 132 valence electrons. The van der Waals surface area contributed by atoms with Gasteiger partial charge in [-0.1, -0.05) is 41.4 Å². The second-order valence-corrected chi connectivity index (χ2v) is 6.62. The third-order valence-corrected chi connectivity index (χ3v) is 4.78. The highest BCUT2D eigenvalue weighted by Gasteiger charge is 2.09. The fourth-order valence-electron chi connectivity index (χ4n) is 2.97. The molecule has 1 heterocycles. The van der Waals surface area contributed by atoms with Gasteiger partial charge in [0.15, 0.2) is 11.6 Å². The Hall–Kier alpha value is -2.27. The van der Waals surface area contributed by atoms with Gasteiger partial charge in [0.2, 0.25) is 0 Å². The lowest BCUT2D eigenvalue weighted by atomic mass is 9.97. The molecule has 6 heteroatoms. The maximum absolute atomic E-state index is 6.21. The second-order valence-electron chi connectivity index (χ2n) is 6.21. The summed E-state index contributed by atoms with van der Waals surface area (Å²) in [5, 5.41) is 7.29. The van der Waals surface area contributed by atoms with Crippen molar-refractivity contribution in [1.29, 1.82) is 0 Å². The molecule has 0 bridgehead atoms. The Morgan fingerprint density at radius 1 is 1.08 bits per heavy atom. The number of nitrogens with one attached hydrogen (secondary N) is 2. The van der Waals surface area contributed by atoms with Crippen molar-refractivity contribution in [2.24, 2.45) is 0 Å². The topological polar surface area (TPSA) is 75.9 Å². The minimum atomic E-state index is 0.534. The van der Waals surface area contributed by atoms with Crippen LogP contribution in [0.1, 0.15) is 37.7 Å². The van der Waals surface area contributed by atoms with E-state index in [0.717, 1.165) is 23.6 Å². The third kappa shape index (κ3) is 4.86. The van der Waals surface area contributed by atoms with Crippen LogP contribution in [-0.2, 0) is 6.54 Å². The van der Waals surface area contributed by atoms with E-state index < -0.39 is 0 Å².